The molecule has 0 aliphatic carbocycles. The van der Waals surface area contributed by atoms with E-state index in [4.69, 9.17) is 18.9 Å². The van der Waals surface area contributed by atoms with Gasteiger partial charge in [0, 0.05) is 13.0 Å². The summed E-state index contributed by atoms with van der Waals surface area (Å²) in [5.74, 6) is -0.409. The van der Waals surface area contributed by atoms with Crippen LogP contribution in [0.1, 0.15) is 181 Å². The minimum atomic E-state index is -5.07. The first kappa shape index (κ1) is 59.6. The Morgan fingerprint density at radius 3 is 1.58 bits per heavy atom. The fraction of sp³-hybridized carbons (Fsp3) is 0.745. The summed E-state index contributed by atoms with van der Waals surface area (Å²) < 4.78 is 59.1. The lowest BCUT2D eigenvalue weighted by Gasteiger charge is -2.41. The molecule has 64 heavy (non-hydrogen) atoms. The molecule has 370 valence electrons. The van der Waals surface area contributed by atoms with Gasteiger partial charge in [0.25, 0.3) is 0 Å². The lowest BCUT2D eigenvalue weighted by molar-refractivity contribution is -0.301. The molecule has 1 rings (SSSR count). The van der Waals surface area contributed by atoms with Gasteiger partial charge in [0.2, 0.25) is 0 Å². The van der Waals surface area contributed by atoms with Crippen molar-refractivity contribution in [1.29, 1.82) is 0 Å². The number of aliphatic hydroxyl groups is 3. The van der Waals surface area contributed by atoms with Gasteiger partial charge in [-0.15, -0.1) is 0 Å². The van der Waals surface area contributed by atoms with Crippen LogP contribution in [0.3, 0.4) is 0 Å². The van der Waals surface area contributed by atoms with Crippen molar-refractivity contribution in [3.05, 3.63) is 72.9 Å². The van der Waals surface area contributed by atoms with Crippen LogP contribution in [0.4, 0.5) is 0 Å². The molecule has 1 fully saturated rings. The normalized spacial score (nSPS) is 20.4. The third-order valence-electron chi connectivity index (χ3n) is 10.8. The summed E-state index contributed by atoms with van der Waals surface area (Å²) in [5, 5.41) is 30.7. The van der Waals surface area contributed by atoms with E-state index in [1.54, 1.807) is 0 Å². The average molecular weight is 925 g/mol. The third-order valence-corrected chi connectivity index (χ3v) is 11.3. The van der Waals surface area contributed by atoms with Gasteiger partial charge in [0.15, 0.2) is 6.29 Å². The van der Waals surface area contributed by atoms with Crippen LogP contribution in [0.25, 0.3) is 0 Å². The van der Waals surface area contributed by atoms with E-state index >= 15 is 0 Å². The van der Waals surface area contributed by atoms with E-state index in [2.05, 4.69) is 90.9 Å². The number of rotatable bonds is 42. The largest absolute Gasteiger partial charge is 0.457 e. The van der Waals surface area contributed by atoms with Gasteiger partial charge in [-0.1, -0.05) is 183 Å². The predicted octanol–water partition coefficient (Wildman–Crippen LogP) is 11.1. The number of unbranched alkanes of at least 4 members (excludes halogenated alkanes) is 17. The highest BCUT2D eigenvalue weighted by Gasteiger charge is 2.48. The Balaban J connectivity index is 2.38. The molecule has 0 radical (unpaired) electrons. The first-order chi connectivity index (χ1) is 31.1. The zero-order valence-corrected chi connectivity index (χ0v) is 40.4. The molecule has 0 aromatic heterocycles. The molecule has 1 saturated heterocycles. The van der Waals surface area contributed by atoms with Crippen molar-refractivity contribution in [3.8, 4) is 0 Å². The molecule has 0 aromatic carbocycles. The Bertz CT molecular complexity index is 1390. The van der Waals surface area contributed by atoms with Gasteiger partial charge in [-0.05, 0) is 64.2 Å². The van der Waals surface area contributed by atoms with Gasteiger partial charge in [0.05, 0.1) is 19.8 Å². The van der Waals surface area contributed by atoms with Crippen LogP contribution in [0, 0.1) is 0 Å². The minimum absolute atomic E-state index is 0.0207. The summed E-state index contributed by atoms with van der Waals surface area (Å²) in [4.78, 5) is 12.9. The van der Waals surface area contributed by atoms with Crippen molar-refractivity contribution in [2.24, 2.45) is 0 Å². The second-order valence-corrected chi connectivity index (χ2v) is 17.7. The quantitative estimate of drug-likeness (QED) is 0.0197. The van der Waals surface area contributed by atoms with Gasteiger partial charge < -0.3 is 34.3 Å². The Hall–Kier alpha value is -2.46. The zero-order valence-electron chi connectivity index (χ0n) is 39.6. The maximum Gasteiger partial charge on any atom is 0.397 e. The van der Waals surface area contributed by atoms with Crippen molar-refractivity contribution in [2.75, 3.05) is 26.4 Å². The number of ether oxygens (including phenoxy) is 4. The summed E-state index contributed by atoms with van der Waals surface area (Å²) in [6.07, 6.45) is 45.0. The molecule has 6 unspecified atom stereocenters. The van der Waals surface area contributed by atoms with Crippen LogP contribution in [-0.4, -0.2) is 97.5 Å². The lowest BCUT2D eigenvalue weighted by atomic mass is 9.99. The standard InChI is InChI=1S/C51H88O12S/c1-3-5-7-9-11-13-15-17-18-19-20-21-22-23-24-25-26-27-29-31-33-35-37-39-41-59-43-45(44-60-51-49(55)50(63-64(56,57)58)48(54)46(42-52)62-51)61-47(53)40-38-36-34-32-30-28-16-14-12-10-8-6-4-2/h5,7,11,13,17-18,20-21,23-24,26-27,45-46,48-52,54-55H,3-4,6,8-10,12,14-16,19,22,25,28-44H2,1-2H3,(H,56,57,58)/b7-5-,13-11-,18-17-,21-20-,24-23-,27-26-. The van der Waals surface area contributed by atoms with Gasteiger partial charge >= 0.3 is 16.4 Å². The van der Waals surface area contributed by atoms with Crippen molar-refractivity contribution in [2.45, 2.75) is 218 Å². The fourth-order valence-corrected chi connectivity index (χ4v) is 7.65. The Labute approximate surface area is 388 Å². The highest BCUT2D eigenvalue weighted by molar-refractivity contribution is 7.80. The van der Waals surface area contributed by atoms with Crippen molar-refractivity contribution in [1.82, 2.24) is 0 Å². The van der Waals surface area contributed by atoms with E-state index in [1.807, 2.05) is 0 Å². The van der Waals surface area contributed by atoms with E-state index in [-0.39, 0.29) is 19.6 Å². The Kier molecular flexibility index (Phi) is 39.0. The molecule has 0 spiro atoms. The first-order valence-electron chi connectivity index (χ1n) is 24.7. The maximum absolute atomic E-state index is 12.9. The average Bonchev–Trinajstić information content (AvgIpc) is 3.27. The van der Waals surface area contributed by atoms with E-state index < -0.39 is 59.8 Å². The SMILES string of the molecule is CC/C=C\C/C=C\C/C=C\C/C=C\C/C=C\C/C=C\CCCCCCCOCC(COC1OC(CO)C(O)C(OS(=O)(=O)O)C1O)OC(=O)CCCCCCCCCCCCCCC. The number of hydrogen-bond acceptors (Lipinski definition) is 11. The van der Waals surface area contributed by atoms with Crippen LogP contribution in [0.2, 0.25) is 0 Å². The molecule has 6 atom stereocenters. The molecule has 0 amide bonds. The highest BCUT2D eigenvalue weighted by atomic mass is 32.3. The maximum atomic E-state index is 12.9. The summed E-state index contributed by atoms with van der Waals surface area (Å²) in [6.45, 7) is 3.82. The van der Waals surface area contributed by atoms with Gasteiger partial charge in [0.1, 0.15) is 30.5 Å². The number of esters is 1. The highest BCUT2D eigenvalue weighted by Crippen LogP contribution is 2.26. The predicted molar refractivity (Wildman–Crippen MR) is 257 cm³/mol. The van der Waals surface area contributed by atoms with Gasteiger partial charge in [-0.2, -0.15) is 8.42 Å². The van der Waals surface area contributed by atoms with Gasteiger partial charge in [-0.25, -0.2) is 4.18 Å². The second kappa shape index (κ2) is 41.9. The number of aliphatic hydroxyl groups excluding tert-OH is 3. The summed E-state index contributed by atoms with van der Waals surface area (Å²) in [6, 6.07) is 0. The minimum Gasteiger partial charge on any atom is -0.457 e. The molecule has 4 N–H and O–H groups in total. The second-order valence-electron chi connectivity index (χ2n) is 16.7. The van der Waals surface area contributed by atoms with Crippen molar-refractivity contribution in [3.63, 3.8) is 0 Å². The molecular weight excluding hydrogens is 837 g/mol. The zero-order chi connectivity index (χ0) is 46.8. The smallest absolute Gasteiger partial charge is 0.397 e. The summed E-state index contributed by atoms with van der Waals surface area (Å²) >= 11 is 0. The van der Waals surface area contributed by atoms with Crippen LogP contribution in [0.5, 0.6) is 0 Å². The molecule has 0 bridgehead atoms. The number of carbonyl (C=O) groups excluding carboxylic acids is 1. The van der Waals surface area contributed by atoms with E-state index in [0.29, 0.717) is 13.0 Å². The summed E-state index contributed by atoms with van der Waals surface area (Å²) in [5.41, 5.74) is 0. The lowest BCUT2D eigenvalue weighted by Crippen LogP contribution is -2.60. The van der Waals surface area contributed by atoms with Gasteiger partial charge in [-0.3, -0.25) is 9.35 Å². The topological polar surface area (TPSA) is 178 Å². The van der Waals surface area contributed by atoms with Crippen LogP contribution in [0.15, 0.2) is 72.9 Å². The fourth-order valence-electron chi connectivity index (χ4n) is 7.15. The molecule has 1 aliphatic heterocycles. The van der Waals surface area contributed by atoms with Crippen LogP contribution >= 0.6 is 0 Å². The summed E-state index contributed by atoms with van der Waals surface area (Å²) in [7, 11) is -5.07. The Morgan fingerprint density at radius 2 is 1.08 bits per heavy atom. The molecule has 0 aromatic rings. The van der Waals surface area contributed by atoms with E-state index in [1.165, 1.54) is 57.8 Å². The molecule has 12 nitrogen and oxygen atoms in total. The van der Waals surface area contributed by atoms with Crippen LogP contribution in [-0.2, 0) is 38.3 Å². The monoisotopic (exact) mass is 925 g/mol. The third kappa shape index (κ3) is 34.8. The molecule has 1 aliphatic rings. The molecular formula is C51H88O12S. The van der Waals surface area contributed by atoms with E-state index in [0.717, 1.165) is 96.3 Å². The Morgan fingerprint density at radius 1 is 0.609 bits per heavy atom. The molecule has 0 saturated carbocycles. The number of carbonyl (C=O) groups is 1. The number of hydrogen-bond donors (Lipinski definition) is 4. The molecule has 13 heteroatoms. The first-order valence-corrected chi connectivity index (χ1v) is 26.1. The van der Waals surface area contributed by atoms with Crippen LogP contribution < -0.4 is 0 Å². The van der Waals surface area contributed by atoms with E-state index in [9.17, 15) is 33.1 Å². The molecule has 1 heterocycles. The number of allylic oxidation sites excluding steroid dienone is 12. The van der Waals surface area contributed by atoms with Crippen molar-refractivity contribution >= 4 is 16.4 Å². The van der Waals surface area contributed by atoms with Crippen molar-refractivity contribution < 1.29 is 56.2 Å².